The second-order valence-corrected chi connectivity index (χ2v) is 5.01. The van der Waals surface area contributed by atoms with Crippen molar-refractivity contribution in [3.63, 3.8) is 0 Å². The Bertz CT molecular complexity index is 385. The molecule has 0 fully saturated rings. The van der Waals surface area contributed by atoms with Crippen LogP contribution in [0.4, 0.5) is 0 Å². The maximum atomic E-state index is 10.8. The third kappa shape index (κ3) is 7.01. The van der Waals surface area contributed by atoms with Gasteiger partial charge in [-0.1, -0.05) is 30.3 Å². The standard InChI is InChI=1S/C9H11BrNO3S.Na/c10-11-15(12,13)14-8-4-7-9-5-2-1-3-6-9;/h1-3,5-6H,4,7-8H2;/q-1;+1. The van der Waals surface area contributed by atoms with Gasteiger partial charge in [0.25, 0.3) is 0 Å². The van der Waals surface area contributed by atoms with Gasteiger partial charge in [-0.3, -0.25) is 4.18 Å². The Kier molecular flexibility index (Phi) is 8.94. The molecule has 7 heteroatoms. The van der Waals surface area contributed by atoms with E-state index in [0.29, 0.717) is 6.42 Å². The van der Waals surface area contributed by atoms with Crippen LogP contribution < -0.4 is 29.6 Å². The van der Waals surface area contributed by atoms with Gasteiger partial charge >= 0.3 is 29.6 Å². The molecule has 0 atom stereocenters. The van der Waals surface area contributed by atoms with Crippen LogP contribution in [0.1, 0.15) is 12.0 Å². The molecule has 0 aliphatic rings. The van der Waals surface area contributed by atoms with Crippen LogP contribution in [0.25, 0.3) is 3.75 Å². The van der Waals surface area contributed by atoms with E-state index >= 15 is 0 Å². The third-order valence-corrected chi connectivity index (χ3v) is 3.47. The smallest absolute Gasteiger partial charge is 0.460 e. The zero-order valence-electron chi connectivity index (χ0n) is 8.97. The fraction of sp³-hybridized carbons (Fsp3) is 0.333. The summed E-state index contributed by atoms with van der Waals surface area (Å²) in [6.07, 6.45) is 1.43. The Balaban J connectivity index is 0.00000225. The van der Waals surface area contributed by atoms with E-state index in [1.54, 1.807) is 0 Å². The third-order valence-electron chi connectivity index (χ3n) is 1.77. The minimum Gasteiger partial charge on any atom is -0.460 e. The van der Waals surface area contributed by atoms with Gasteiger partial charge in [-0.25, -0.2) is 24.6 Å². The molecule has 0 bridgehead atoms. The molecule has 84 valence electrons. The Hall–Kier alpha value is 0.570. The first-order valence-corrected chi connectivity index (χ1v) is 6.48. The van der Waals surface area contributed by atoms with Crippen LogP contribution in [0.5, 0.6) is 0 Å². The summed E-state index contributed by atoms with van der Waals surface area (Å²) < 4.78 is 29.0. The molecular formula is C9H11BrNNaO3S. The molecule has 1 aromatic carbocycles. The van der Waals surface area contributed by atoms with Crippen molar-refractivity contribution in [3.8, 4) is 0 Å². The molecule has 0 aromatic heterocycles. The van der Waals surface area contributed by atoms with Crippen molar-refractivity contribution in [1.29, 1.82) is 0 Å². The van der Waals surface area contributed by atoms with Crippen LogP contribution >= 0.6 is 16.1 Å². The zero-order valence-corrected chi connectivity index (χ0v) is 13.4. The minimum absolute atomic E-state index is 0. The molecule has 0 amide bonds. The minimum atomic E-state index is -3.73. The molecule has 0 spiro atoms. The van der Waals surface area contributed by atoms with E-state index in [1.165, 1.54) is 0 Å². The van der Waals surface area contributed by atoms with Gasteiger partial charge in [-0.15, -0.1) is 0 Å². The van der Waals surface area contributed by atoms with Crippen LogP contribution in [0.3, 0.4) is 0 Å². The summed E-state index contributed by atoms with van der Waals surface area (Å²) in [7, 11) is -3.73. The summed E-state index contributed by atoms with van der Waals surface area (Å²) in [5, 5.41) is 0. The average Bonchev–Trinajstić information content (AvgIpc) is 2.26. The van der Waals surface area contributed by atoms with Crippen molar-refractivity contribution in [2.24, 2.45) is 0 Å². The molecule has 0 heterocycles. The summed E-state index contributed by atoms with van der Waals surface area (Å²) in [6, 6.07) is 9.81. The van der Waals surface area contributed by atoms with Crippen LogP contribution in [0.2, 0.25) is 0 Å². The number of hydrogen-bond acceptors (Lipinski definition) is 3. The quantitative estimate of drug-likeness (QED) is 0.528. The summed E-state index contributed by atoms with van der Waals surface area (Å²) in [6.45, 7) is 0.145. The normalized spacial score (nSPS) is 10.8. The van der Waals surface area contributed by atoms with E-state index in [1.807, 2.05) is 30.3 Å². The molecule has 0 aliphatic heterocycles. The second kappa shape index (κ2) is 8.63. The molecule has 0 saturated heterocycles. The predicted molar refractivity (Wildman–Crippen MR) is 61.9 cm³/mol. The summed E-state index contributed by atoms with van der Waals surface area (Å²) in [5.41, 5.74) is 1.16. The number of hydrogen-bond donors (Lipinski definition) is 0. The SMILES string of the molecule is O=S(=O)([N-]Br)OCCCc1ccccc1.[Na+]. The van der Waals surface area contributed by atoms with Crippen LogP contribution in [0.15, 0.2) is 30.3 Å². The van der Waals surface area contributed by atoms with E-state index in [2.05, 4.69) is 24.1 Å². The molecule has 16 heavy (non-hydrogen) atoms. The van der Waals surface area contributed by atoms with Crippen molar-refractivity contribution in [3.05, 3.63) is 39.6 Å². The molecule has 0 radical (unpaired) electrons. The first-order valence-electron chi connectivity index (χ1n) is 4.40. The Morgan fingerprint density at radius 1 is 1.25 bits per heavy atom. The Morgan fingerprint density at radius 2 is 1.88 bits per heavy atom. The maximum Gasteiger partial charge on any atom is 1.00 e. The largest absolute Gasteiger partial charge is 1.00 e. The van der Waals surface area contributed by atoms with Crippen molar-refractivity contribution in [2.45, 2.75) is 12.8 Å². The number of benzene rings is 1. The fourth-order valence-corrected chi connectivity index (χ4v) is 1.72. The van der Waals surface area contributed by atoms with Crippen molar-refractivity contribution in [2.75, 3.05) is 6.61 Å². The number of aryl methyl sites for hydroxylation is 1. The van der Waals surface area contributed by atoms with Gasteiger partial charge < -0.3 is 3.75 Å². The van der Waals surface area contributed by atoms with Crippen LogP contribution in [0, 0.1) is 0 Å². The van der Waals surface area contributed by atoms with Crippen LogP contribution in [-0.4, -0.2) is 15.0 Å². The van der Waals surface area contributed by atoms with E-state index in [9.17, 15) is 8.42 Å². The Morgan fingerprint density at radius 3 is 2.44 bits per heavy atom. The molecule has 4 nitrogen and oxygen atoms in total. The fourth-order valence-electron chi connectivity index (χ4n) is 1.11. The summed E-state index contributed by atoms with van der Waals surface area (Å²) in [5.74, 6) is 0. The molecule has 0 N–H and O–H groups in total. The summed E-state index contributed by atoms with van der Waals surface area (Å²) in [4.78, 5) is 0. The van der Waals surface area contributed by atoms with Crippen LogP contribution in [-0.2, 0) is 20.9 Å². The summed E-state index contributed by atoms with van der Waals surface area (Å²) >= 11 is 2.48. The maximum absolute atomic E-state index is 10.8. The van der Waals surface area contributed by atoms with Gasteiger partial charge in [0.05, 0.1) is 6.61 Å². The molecule has 0 aliphatic carbocycles. The predicted octanol–water partition coefficient (Wildman–Crippen LogP) is -0.432. The van der Waals surface area contributed by atoms with E-state index in [4.69, 9.17) is 0 Å². The van der Waals surface area contributed by atoms with Crippen molar-refractivity contribution in [1.82, 2.24) is 0 Å². The van der Waals surface area contributed by atoms with Gasteiger partial charge in [0, 0.05) is 0 Å². The van der Waals surface area contributed by atoms with E-state index in [-0.39, 0.29) is 36.2 Å². The average molecular weight is 316 g/mol. The van der Waals surface area contributed by atoms with Gasteiger partial charge in [-0.05, 0) is 18.4 Å². The number of halogens is 1. The van der Waals surface area contributed by atoms with Crippen molar-refractivity contribution >= 4 is 26.5 Å². The molecule has 1 aromatic rings. The Labute approximate surface area is 127 Å². The van der Waals surface area contributed by atoms with Gasteiger partial charge in [0.2, 0.25) is 0 Å². The first-order chi connectivity index (χ1) is 7.14. The zero-order chi connectivity index (χ0) is 11.1. The topological polar surface area (TPSA) is 57.5 Å². The van der Waals surface area contributed by atoms with Crippen molar-refractivity contribution < 1.29 is 42.2 Å². The van der Waals surface area contributed by atoms with E-state index in [0.717, 1.165) is 12.0 Å². The molecule has 0 saturated carbocycles. The molecular weight excluding hydrogens is 305 g/mol. The molecule has 1 rings (SSSR count). The van der Waals surface area contributed by atoms with Gasteiger partial charge in [0.1, 0.15) is 0 Å². The van der Waals surface area contributed by atoms with E-state index < -0.39 is 10.3 Å². The number of rotatable bonds is 6. The number of nitrogens with zero attached hydrogens (tertiary/aromatic N) is 1. The monoisotopic (exact) mass is 315 g/mol. The van der Waals surface area contributed by atoms with Gasteiger partial charge in [0.15, 0.2) is 10.3 Å². The first kappa shape index (κ1) is 16.6. The van der Waals surface area contributed by atoms with Gasteiger partial charge in [-0.2, -0.15) is 0 Å². The second-order valence-electron chi connectivity index (χ2n) is 2.91. The molecule has 0 unspecified atom stereocenters.